The van der Waals surface area contributed by atoms with Crippen molar-refractivity contribution in [2.75, 3.05) is 6.66 Å². The summed E-state index contributed by atoms with van der Waals surface area (Å²) in [5, 5.41) is 0. The molecule has 0 radical (unpaired) electrons. The van der Waals surface area contributed by atoms with E-state index in [2.05, 4.69) is 27.4 Å². The van der Waals surface area contributed by atoms with Crippen molar-refractivity contribution in [1.29, 1.82) is 0 Å². The van der Waals surface area contributed by atoms with Crippen molar-refractivity contribution < 1.29 is 0 Å². The Hall–Kier alpha value is 0.430. The van der Waals surface area contributed by atoms with Gasteiger partial charge in [-0.2, -0.15) is 0 Å². The van der Waals surface area contributed by atoms with E-state index in [0.29, 0.717) is 5.41 Å². The van der Waals surface area contributed by atoms with Crippen LogP contribution in [0, 0.1) is 11.3 Å². The molecule has 0 aliphatic heterocycles. The molecule has 0 amide bonds. The SMILES string of the molecule is CPC1CCC(C(C)(C)C)CC1. The van der Waals surface area contributed by atoms with E-state index in [1.54, 1.807) is 0 Å². The molecule has 0 spiro atoms. The van der Waals surface area contributed by atoms with Crippen LogP contribution in [0.2, 0.25) is 0 Å². The summed E-state index contributed by atoms with van der Waals surface area (Å²) in [5.41, 5.74) is 1.63. The van der Waals surface area contributed by atoms with Crippen LogP contribution < -0.4 is 0 Å². The molecule has 1 atom stereocenters. The second-order valence-electron chi connectivity index (χ2n) is 5.20. The first kappa shape index (κ1) is 10.5. The second kappa shape index (κ2) is 4.09. The normalized spacial score (nSPS) is 33.0. The van der Waals surface area contributed by atoms with Crippen molar-refractivity contribution in [2.45, 2.75) is 52.1 Å². The van der Waals surface area contributed by atoms with E-state index in [-0.39, 0.29) is 0 Å². The van der Waals surface area contributed by atoms with E-state index in [0.717, 1.165) is 11.6 Å². The maximum Gasteiger partial charge on any atom is -0.0239 e. The molecular formula is C11H23P. The molecular weight excluding hydrogens is 163 g/mol. The Morgan fingerprint density at radius 2 is 1.50 bits per heavy atom. The van der Waals surface area contributed by atoms with Crippen LogP contribution >= 0.6 is 8.58 Å². The molecule has 1 fully saturated rings. The van der Waals surface area contributed by atoms with Gasteiger partial charge in [0, 0.05) is 0 Å². The lowest BCUT2D eigenvalue weighted by molar-refractivity contribution is 0.182. The topological polar surface area (TPSA) is 0 Å². The largest absolute Gasteiger partial charge is 0.122 e. The summed E-state index contributed by atoms with van der Waals surface area (Å²) in [5.74, 6) is 0.991. The Balaban J connectivity index is 2.36. The quantitative estimate of drug-likeness (QED) is 0.545. The summed E-state index contributed by atoms with van der Waals surface area (Å²) in [4.78, 5) is 0. The van der Waals surface area contributed by atoms with Gasteiger partial charge in [-0.3, -0.25) is 0 Å². The van der Waals surface area contributed by atoms with Crippen molar-refractivity contribution in [2.24, 2.45) is 11.3 Å². The van der Waals surface area contributed by atoms with Crippen LogP contribution in [0.15, 0.2) is 0 Å². The second-order valence-corrected chi connectivity index (χ2v) is 6.60. The van der Waals surface area contributed by atoms with Gasteiger partial charge in [-0.15, -0.1) is 8.58 Å². The van der Waals surface area contributed by atoms with Crippen LogP contribution in [-0.2, 0) is 0 Å². The molecule has 1 heteroatoms. The monoisotopic (exact) mass is 186 g/mol. The Labute approximate surface area is 79.3 Å². The lowest BCUT2D eigenvalue weighted by Gasteiger charge is -2.36. The minimum atomic E-state index is 0.557. The molecule has 0 aromatic rings. The minimum absolute atomic E-state index is 0.557. The van der Waals surface area contributed by atoms with Gasteiger partial charge in [0.1, 0.15) is 0 Å². The molecule has 1 unspecified atom stereocenters. The number of hydrogen-bond acceptors (Lipinski definition) is 0. The highest BCUT2D eigenvalue weighted by atomic mass is 31.1. The minimum Gasteiger partial charge on any atom is -0.122 e. The maximum absolute atomic E-state index is 2.40. The van der Waals surface area contributed by atoms with Crippen molar-refractivity contribution in [3.63, 3.8) is 0 Å². The Morgan fingerprint density at radius 1 is 1.00 bits per heavy atom. The number of rotatable bonds is 1. The van der Waals surface area contributed by atoms with Crippen molar-refractivity contribution in [1.82, 2.24) is 0 Å². The van der Waals surface area contributed by atoms with Gasteiger partial charge in [-0.05, 0) is 49.3 Å². The average Bonchev–Trinajstić information content (AvgIpc) is 2.03. The fraction of sp³-hybridized carbons (Fsp3) is 1.00. The molecule has 72 valence electrons. The van der Waals surface area contributed by atoms with Crippen LogP contribution in [0.25, 0.3) is 0 Å². The van der Waals surface area contributed by atoms with Gasteiger partial charge < -0.3 is 0 Å². The smallest absolute Gasteiger partial charge is 0.0239 e. The first-order chi connectivity index (χ1) is 5.54. The summed E-state index contributed by atoms with van der Waals surface area (Å²) in [6, 6.07) is 0. The van der Waals surface area contributed by atoms with Gasteiger partial charge in [0.25, 0.3) is 0 Å². The third kappa shape index (κ3) is 2.73. The molecule has 0 N–H and O–H groups in total. The number of hydrogen-bond donors (Lipinski definition) is 0. The molecule has 0 heterocycles. The zero-order chi connectivity index (χ0) is 9.19. The molecule has 0 nitrogen and oxygen atoms in total. The molecule has 0 aromatic carbocycles. The molecule has 12 heavy (non-hydrogen) atoms. The predicted molar refractivity (Wildman–Crippen MR) is 59.4 cm³/mol. The van der Waals surface area contributed by atoms with E-state index in [1.165, 1.54) is 34.3 Å². The molecule has 1 aliphatic carbocycles. The van der Waals surface area contributed by atoms with Crippen LogP contribution in [0.5, 0.6) is 0 Å². The molecule has 0 bridgehead atoms. The highest BCUT2D eigenvalue weighted by Crippen LogP contribution is 2.41. The summed E-state index contributed by atoms with van der Waals surface area (Å²) in [6.07, 6.45) is 5.96. The molecule has 1 aliphatic rings. The highest BCUT2D eigenvalue weighted by molar-refractivity contribution is 7.37. The summed E-state index contributed by atoms with van der Waals surface area (Å²) in [7, 11) is 1.18. The maximum atomic E-state index is 2.40. The Bertz CT molecular complexity index is 126. The van der Waals surface area contributed by atoms with Crippen LogP contribution in [0.4, 0.5) is 0 Å². The van der Waals surface area contributed by atoms with E-state index in [9.17, 15) is 0 Å². The zero-order valence-electron chi connectivity index (χ0n) is 8.98. The fourth-order valence-corrected chi connectivity index (χ4v) is 3.16. The average molecular weight is 186 g/mol. The van der Waals surface area contributed by atoms with Crippen LogP contribution in [0.1, 0.15) is 46.5 Å². The van der Waals surface area contributed by atoms with Gasteiger partial charge >= 0.3 is 0 Å². The van der Waals surface area contributed by atoms with E-state index < -0.39 is 0 Å². The third-order valence-corrected chi connectivity index (χ3v) is 4.75. The van der Waals surface area contributed by atoms with Gasteiger partial charge in [0.2, 0.25) is 0 Å². The van der Waals surface area contributed by atoms with E-state index >= 15 is 0 Å². The van der Waals surface area contributed by atoms with Gasteiger partial charge in [0.15, 0.2) is 0 Å². The van der Waals surface area contributed by atoms with E-state index in [4.69, 9.17) is 0 Å². The Morgan fingerprint density at radius 3 is 1.83 bits per heavy atom. The lowest BCUT2D eigenvalue weighted by Crippen LogP contribution is -2.26. The van der Waals surface area contributed by atoms with Crippen LogP contribution in [-0.4, -0.2) is 12.3 Å². The van der Waals surface area contributed by atoms with Crippen molar-refractivity contribution >= 4 is 8.58 Å². The highest BCUT2D eigenvalue weighted by Gasteiger charge is 2.28. The first-order valence-electron chi connectivity index (χ1n) is 5.21. The molecule has 1 rings (SSSR count). The molecule has 1 saturated carbocycles. The zero-order valence-corrected chi connectivity index (χ0v) is 9.98. The molecule has 0 aromatic heterocycles. The Kier molecular flexibility index (Phi) is 3.58. The van der Waals surface area contributed by atoms with Crippen LogP contribution in [0.3, 0.4) is 0 Å². The van der Waals surface area contributed by atoms with Crippen molar-refractivity contribution in [3.8, 4) is 0 Å². The van der Waals surface area contributed by atoms with Gasteiger partial charge in [0.05, 0.1) is 0 Å². The third-order valence-electron chi connectivity index (χ3n) is 3.36. The summed E-state index contributed by atoms with van der Waals surface area (Å²) >= 11 is 0. The standard InChI is InChI=1S/C11H23P/c1-11(2,3)9-5-7-10(12-4)8-6-9/h9-10,12H,5-8H2,1-4H3. The summed E-state index contributed by atoms with van der Waals surface area (Å²) in [6.45, 7) is 9.55. The summed E-state index contributed by atoms with van der Waals surface area (Å²) < 4.78 is 0. The predicted octanol–water partition coefficient (Wildman–Crippen LogP) is 3.90. The van der Waals surface area contributed by atoms with Crippen molar-refractivity contribution in [3.05, 3.63) is 0 Å². The lowest BCUT2D eigenvalue weighted by atomic mass is 9.72. The molecule has 0 saturated heterocycles. The van der Waals surface area contributed by atoms with Gasteiger partial charge in [-0.25, -0.2) is 0 Å². The fourth-order valence-electron chi connectivity index (χ4n) is 2.25. The first-order valence-corrected chi connectivity index (χ1v) is 6.79. The van der Waals surface area contributed by atoms with E-state index in [1.807, 2.05) is 0 Å². The van der Waals surface area contributed by atoms with Gasteiger partial charge in [-0.1, -0.05) is 20.8 Å².